The summed E-state index contributed by atoms with van der Waals surface area (Å²) in [5, 5.41) is 0. The lowest BCUT2D eigenvalue weighted by Gasteiger charge is -2.22. The molecule has 0 radical (unpaired) electrons. The standard InChI is InChI=1S/C14H19BrN2O/c1-9-6-11(7-16)8-17(9)14(18)12-4-3-5-13(15)10(12)2/h3-5,9,11H,6-8,16H2,1-2H3. The fourth-order valence-corrected chi connectivity index (χ4v) is 2.96. The van der Waals surface area contributed by atoms with Crippen LogP contribution in [0.5, 0.6) is 0 Å². The Morgan fingerprint density at radius 1 is 1.56 bits per heavy atom. The summed E-state index contributed by atoms with van der Waals surface area (Å²) in [5.41, 5.74) is 7.50. The number of halogens is 1. The predicted octanol–water partition coefficient (Wildman–Crippen LogP) is 2.57. The quantitative estimate of drug-likeness (QED) is 0.912. The van der Waals surface area contributed by atoms with Crippen molar-refractivity contribution >= 4 is 21.8 Å². The van der Waals surface area contributed by atoms with Gasteiger partial charge in [0.05, 0.1) is 0 Å². The second-order valence-corrected chi connectivity index (χ2v) is 5.91. The lowest BCUT2D eigenvalue weighted by atomic mass is 10.1. The van der Waals surface area contributed by atoms with Gasteiger partial charge in [-0.3, -0.25) is 4.79 Å². The Labute approximate surface area is 116 Å². The van der Waals surface area contributed by atoms with Gasteiger partial charge in [-0.25, -0.2) is 0 Å². The van der Waals surface area contributed by atoms with Crippen LogP contribution in [0, 0.1) is 12.8 Å². The minimum atomic E-state index is 0.122. The molecule has 2 N–H and O–H groups in total. The predicted molar refractivity (Wildman–Crippen MR) is 76.5 cm³/mol. The molecule has 2 atom stereocenters. The molecular formula is C14H19BrN2O. The summed E-state index contributed by atoms with van der Waals surface area (Å²) in [4.78, 5) is 14.5. The molecule has 1 saturated heterocycles. The van der Waals surface area contributed by atoms with Crippen LogP contribution in [0.4, 0.5) is 0 Å². The summed E-state index contributed by atoms with van der Waals surface area (Å²) in [7, 11) is 0. The van der Waals surface area contributed by atoms with Gasteiger partial charge in [0.25, 0.3) is 5.91 Å². The van der Waals surface area contributed by atoms with E-state index in [1.807, 2.05) is 30.0 Å². The van der Waals surface area contributed by atoms with Crippen molar-refractivity contribution in [2.75, 3.05) is 13.1 Å². The smallest absolute Gasteiger partial charge is 0.254 e. The number of carbonyl (C=O) groups excluding carboxylic acids is 1. The van der Waals surface area contributed by atoms with Gasteiger partial charge in [0.2, 0.25) is 0 Å². The monoisotopic (exact) mass is 310 g/mol. The van der Waals surface area contributed by atoms with Gasteiger partial charge in [-0.05, 0) is 50.4 Å². The highest BCUT2D eigenvalue weighted by atomic mass is 79.9. The maximum absolute atomic E-state index is 12.6. The summed E-state index contributed by atoms with van der Waals surface area (Å²) in [6.07, 6.45) is 1.01. The van der Waals surface area contributed by atoms with Crippen LogP contribution in [-0.2, 0) is 0 Å². The lowest BCUT2D eigenvalue weighted by molar-refractivity contribution is 0.0742. The van der Waals surface area contributed by atoms with E-state index in [-0.39, 0.29) is 11.9 Å². The molecule has 98 valence electrons. The second kappa shape index (κ2) is 5.41. The van der Waals surface area contributed by atoms with Gasteiger partial charge in [0.15, 0.2) is 0 Å². The van der Waals surface area contributed by atoms with Gasteiger partial charge in [-0.15, -0.1) is 0 Å². The fraction of sp³-hybridized carbons (Fsp3) is 0.500. The van der Waals surface area contributed by atoms with Crippen LogP contribution in [0.25, 0.3) is 0 Å². The van der Waals surface area contributed by atoms with Gasteiger partial charge in [-0.2, -0.15) is 0 Å². The number of rotatable bonds is 2. The molecule has 0 spiro atoms. The molecule has 0 aliphatic carbocycles. The highest BCUT2D eigenvalue weighted by Crippen LogP contribution is 2.27. The van der Waals surface area contributed by atoms with Gasteiger partial charge < -0.3 is 10.6 Å². The third-order valence-corrected chi connectivity index (χ3v) is 4.61. The molecule has 1 aliphatic rings. The van der Waals surface area contributed by atoms with Gasteiger partial charge in [0.1, 0.15) is 0 Å². The molecule has 2 rings (SSSR count). The maximum Gasteiger partial charge on any atom is 0.254 e. The molecule has 4 heteroatoms. The molecular weight excluding hydrogens is 292 g/mol. The number of nitrogens with zero attached hydrogens (tertiary/aromatic N) is 1. The molecule has 0 aromatic heterocycles. The van der Waals surface area contributed by atoms with E-state index in [9.17, 15) is 4.79 Å². The molecule has 1 fully saturated rings. The maximum atomic E-state index is 12.6. The van der Waals surface area contributed by atoms with Crippen molar-refractivity contribution in [3.05, 3.63) is 33.8 Å². The number of carbonyl (C=O) groups is 1. The van der Waals surface area contributed by atoms with Crippen LogP contribution in [0.1, 0.15) is 29.3 Å². The second-order valence-electron chi connectivity index (χ2n) is 5.06. The van der Waals surface area contributed by atoms with Gasteiger partial charge >= 0.3 is 0 Å². The first kappa shape index (κ1) is 13.6. The minimum Gasteiger partial charge on any atom is -0.336 e. The first-order valence-electron chi connectivity index (χ1n) is 6.30. The number of nitrogens with two attached hydrogens (primary N) is 1. The van der Waals surface area contributed by atoms with Crippen molar-refractivity contribution in [1.29, 1.82) is 0 Å². The van der Waals surface area contributed by atoms with Crippen molar-refractivity contribution in [3.63, 3.8) is 0 Å². The molecule has 1 aromatic carbocycles. The van der Waals surface area contributed by atoms with Crippen LogP contribution in [0.2, 0.25) is 0 Å². The van der Waals surface area contributed by atoms with Crippen molar-refractivity contribution in [1.82, 2.24) is 4.90 Å². The summed E-state index contributed by atoms with van der Waals surface area (Å²) in [6.45, 7) is 5.51. The zero-order chi connectivity index (χ0) is 13.3. The van der Waals surface area contributed by atoms with E-state index >= 15 is 0 Å². The van der Waals surface area contributed by atoms with Crippen LogP contribution >= 0.6 is 15.9 Å². The van der Waals surface area contributed by atoms with Crippen molar-refractivity contribution in [3.8, 4) is 0 Å². The van der Waals surface area contributed by atoms with Crippen LogP contribution < -0.4 is 5.73 Å². The Balaban J connectivity index is 2.24. The van der Waals surface area contributed by atoms with E-state index in [1.165, 1.54) is 0 Å². The third-order valence-electron chi connectivity index (χ3n) is 3.75. The lowest BCUT2D eigenvalue weighted by Crippen LogP contribution is -2.34. The molecule has 1 aliphatic heterocycles. The molecule has 1 amide bonds. The summed E-state index contributed by atoms with van der Waals surface area (Å²) < 4.78 is 0.982. The van der Waals surface area contributed by atoms with Crippen LogP contribution in [-0.4, -0.2) is 29.9 Å². The van der Waals surface area contributed by atoms with E-state index in [4.69, 9.17) is 5.73 Å². The zero-order valence-corrected chi connectivity index (χ0v) is 12.4. The zero-order valence-electron chi connectivity index (χ0n) is 10.8. The highest BCUT2D eigenvalue weighted by Gasteiger charge is 2.32. The van der Waals surface area contributed by atoms with Gasteiger partial charge in [-0.1, -0.05) is 22.0 Å². The molecule has 0 saturated carbocycles. The Bertz CT molecular complexity index is 461. The average molecular weight is 311 g/mol. The Kier molecular flexibility index (Phi) is 4.07. The number of hydrogen-bond acceptors (Lipinski definition) is 2. The average Bonchev–Trinajstić information content (AvgIpc) is 2.73. The normalized spacial score (nSPS) is 23.4. The first-order valence-corrected chi connectivity index (χ1v) is 7.10. The highest BCUT2D eigenvalue weighted by molar-refractivity contribution is 9.10. The Morgan fingerprint density at radius 2 is 2.28 bits per heavy atom. The SMILES string of the molecule is Cc1c(Br)cccc1C(=O)N1CC(CN)CC1C. The molecule has 3 nitrogen and oxygen atoms in total. The number of likely N-dealkylation sites (tertiary alicyclic amines) is 1. The largest absolute Gasteiger partial charge is 0.336 e. The van der Waals surface area contributed by atoms with E-state index in [0.717, 1.165) is 28.6 Å². The molecule has 1 aromatic rings. The summed E-state index contributed by atoms with van der Waals surface area (Å²) in [5.74, 6) is 0.564. The molecule has 1 heterocycles. The summed E-state index contributed by atoms with van der Waals surface area (Å²) >= 11 is 3.47. The van der Waals surface area contributed by atoms with E-state index in [0.29, 0.717) is 12.5 Å². The third kappa shape index (κ3) is 2.45. The minimum absolute atomic E-state index is 0.122. The molecule has 18 heavy (non-hydrogen) atoms. The number of benzene rings is 1. The Morgan fingerprint density at radius 3 is 2.89 bits per heavy atom. The van der Waals surface area contributed by atoms with E-state index < -0.39 is 0 Å². The van der Waals surface area contributed by atoms with E-state index in [1.54, 1.807) is 0 Å². The number of hydrogen-bond donors (Lipinski definition) is 1. The molecule has 2 unspecified atom stereocenters. The first-order chi connectivity index (χ1) is 8.54. The van der Waals surface area contributed by atoms with Crippen molar-refractivity contribution < 1.29 is 4.79 Å². The number of amides is 1. The fourth-order valence-electron chi connectivity index (χ4n) is 2.59. The Hall–Kier alpha value is -0.870. The van der Waals surface area contributed by atoms with Crippen LogP contribution in [0.15, 0.2) is 22.7 Å². The molecule has 0 bridgehead atoms. The van der Waals surface area contributed by atoms with Crippen molar-refractivity contribution in [2.24, 2.45) is 11.7 Å². The van der Waals surface area contributed by atoms with Gasteiger partial charge in [0, 0.05) is 22.6 Å². The van der Waals surface area contributed by atoms with Crippen LogP contribution in [0.3, 0.4) is 0 Å². The van der Waals surface area contributed by atoms with E-state index in [2.05, 4.69) is 22.9 Å². The van der Waals surface area contributed by atoms with Crippen molar-refractivity contribution in [2.45, 2.75) is 26.3 Å². The topological polar surface area (TPSA) is 46.3 Å². The summed E-state index contributed by atoms with van der Waals surface area (Å²) in [6, 6.07) is 6.04.